The highest BCUT2D eigenvalue weighted by atomic mass is 16.5. The molecule has 0 unspecified atom stereocenters. The first kappa shape index (κ1) is 10.3. The number of rotatable bonds is 2. The number of nitrogens with zero attached hydrogens (tertiary/aromatic N) is 1. The van der Waals surface area contributed by atoms with Gasteiger partial charge in [-0.1, -0.05) is 30.3 Å². The Hall–Kier alpha value is -2.27. The van der Waals surface area contributed by atoms with Crippen LogP contribution in [0.1, 0.15) is 11.1 Å². The third-order valence-electron chi connectivity index (χ3n) is 2.20. The number of benzene rings is 2. The minimum Gasteiger partial charge on any atom is -0.456 e. The van der Waals surface area contributed by atoms with Crippen molar-refractivity contribution in [2.45, 2.75) is 0 Å². The summed E-state index contributed by atoms with van der Waals surface area (Å²) in [5, 5.41) is 8.92. The van der Waals surface area contributed by atoms with Crippen LogP contribution in [0, 0.1) is 18.3 Å². The number of hydrogen-bond donors (Lipinski definition) is 0. The van der Waals surface area contributed by atoms with Crippen LogP contribution in [-0.4, -0.2) is 0 Å². The summed E-state index contributed by atoms with van der Waals surface area (Å²) in [4.78, 5) is 0. The molecule has 16 heavy (non-hydrogen) atoms. The van der Waals surface area contributed by atoms with E-state index < -0.39 is 0 Å². The topological polar surface area (TPSA) is 33.0 Å². The molecule has 0 fully saturated rings. The lowest BCUT2D eigenvalue weighted by Gasteiger charge is -2.08. The van der Waals surface area contributed by atoms with E-state index in [2.05, 4.69) is 13.0 Å². The summed E-state index contributed by atoms with van der Waals surface area (Å²) in [6, 6.07) is 16.7. The summed E-state index contributed by atoms with van der Waals surface area (Å²) in [6.45, 7) is 3.86. The Labute approximate surface area is 94.7 Å². The molecule has 0 aliphatic carbocycles. The second-order valence-electron chi connectivity index (χ2n) is 3.32. The normalized spacial score (nSPS) is 9.50. The van der Waals surface area contributed by atoms with E-state index in [1.54, 1.807) is 12.1 Å². The van der Waals surface area contributed by atoms with Gasteiger partial charge in [-0.05, 0) is 30.7 Å². The standard InChI is InChI=1S/C14H10NO/c1-11-6-2-4-8-13(11)16-14-9-5-3-7-12(14)10-15/h2-9H,1H2. The Balaban J connectivity index is 2.35. The number of hydrogen-bond acceptors (Lipinski definition) is 2. The van der Waals surface area contributed by atoms with E-state index in [9.17, 15) is 0 Å². The van der Waals surface area contributed by atoms with E-state index in [1.165, 1.54) is 0 Å². The molecule has 2 heteroatoms. The molecule has 2 rings (SSSR count). The fourth-order valence-electron chi connectivity index (χ4n) is 1.37. The largest absolute Gasteiger partial charge is 0.456 e. The van der Waals surface area contributed by atoms with Gasteiger partial charge in [0.25, 0.3) is 0 Å². The summed E-state index contributed by atoms with van der Waals surface area (Å²) in [5.74, 6) is 1.23. The Morgan fingerprint density at radius 1 is 0.938 bits per heavy atom. The van der Waals surface area contributed by atoms with Gasteiger partial charge in [-0.2, -0.15) is 5.26 Å². The van der Waals surface area contributed by atoms with Crippen LogP contribution in [0.4, 0.5) is 0 Å². The van der Waals surface area contributed by atoms with E-state index >= 15 is 0 Å². The minimum atomic E-state index is 0.519. The summed E-state index contributed by atoms with van der Waals surface area (Å²) in [7, 11) is 0. The van der Waals surface area contributed by atoms with Crippen molar-refractivity contribution in [1.29, 1.82) is 5.26 Å². The van der Waals surface area contributed by atoms with Gasteiger partial charge in [0.2, 0.25) is 0 Å². The van der Waals surface area contributed by atoms with Crippen LogP contribution in [-0.2, 0) is 0 Å². The van der Waals surface area contributed by atoms with Crippen molar-refractivity contribution in [1.82, 2.24) is 0 Å². The zero-order valence-corrected chi connectivity index (χ0v) is 8.68. The van der Waals surface area contributed by atoms with Crippen LogP contribution in [0.25, 0.3) is 0 Å². The van der Waals surface area contributed by atoms with E-state index in [1.807, 2.05) is 36.4 Å². The van der Waals surface area contributed by atoms with Crippen LogP contribution < -0.4 is 4.74 Å². The second kappa shape index (κ2) is 4.50. The van der Waals surface area contributed by atoms with E-state index in [4.69, 9.17) is 10.00 Å². The Bertz CT molecular complexity index is 540. The maximum absolute atomic E-state index is 8.92. The summed E-state index contributed by atoms with van der Waals surface area (Å²) in [5.41, 5.74) is 1.32. The lowest BCUT2D eigenvalue weighted by atomic mass is 10.2. The van der Waals surface area contributed by atoms with Crippen molar-refractivity contribution in [3.8, 4) is 17.6 Å². The maximum Gasteiger partial charge on any atom is 0.145 e. The third-order valence-corrected chi connectivity index (χ3v) is 2.20. The zero-order valence-electron chi connectivity index (χ0n) is 8.68. The highest BCUT2D eigenvalue weighted by Crippen LogP contribution is 2.26. The van der Waals surface area contributed by atoms with Crippen molar-refractivity contribution >= 4 is 0 Å². The van der Waals surface area contributed by atoms with Crippen molar-refractivity contribution < 1.29 is 4.74 Å². The first-order valence-corrected chi connectivity index (χ1v) is 4.89. The van der Waals surface area contributed by atoms with Gasteiger partial charge in [-0.25, -0.2) is 0 Å². The third kappa shape index (κ3) is 2.04. The lowest BCUT2D eigenvalue weighted by Crippen LogP contribution is -1.89. The Morgan fingerprint density at radius 3 is 2.25 bits per heavy atom. The van der Waals surface area contributed by atoms with Gasteiger partial charge in [-0.3, -0.25) is 0 Å². The van der Waals surface area contributed by atoms with Gasteiger partial charge >= 0.3 is 0 Å². The molecule has 0 aliphatic heterocycles. The van der Waals surface area contributed by atoms with E-state index in [0.717, 1.165) is 5.56 Å². The van der Waals surface area contributed by atoms with E-state index in [0.29, 0.717) is 17.1 Å². The maximum atomic E-state index is 8.92. The molecular formula is C14H10NO. The smallest absolute Gasteiger partial charge is 0.145 e. The molecule has 0 saturated carbocycles. The van der Waals surface area contributed by atoms with Gasteiger partial charge in [0.1, 0.15) is 17.6 Å². The van der Waals surface area contributed by atoms with Crippen LogP contribution >= 0.6 is 0 Å². The van der Waals surface area contributed by atoms with Gasteiger partial charge in [0.15, 0.2) is 0 Å². The SMILES string of the molecule is [CH2]c1ccccc1Oc1ccccc1C#N. The number of para-hydroxylation sites is 2. The quantitative estimate of drug-likeness (QED) is 0.756. The molecule has 77 valence electrons. The fourth-order valence-corrected chi connectivity index (χ4v) is 1.37. The minimum absolute atomic E-state index is 0.519. The summed E-state index contributed by atoms with van der Waals surface area (Å²) < 4.78 is 5.65. The second-order valence-corrected chi connectivity index (χ2v) is 3.32. The molecule has 0 spiro atoms. The van der Waals surface area contributed by atoms with Gasteiger partial charge in [-0.15, -0.1) is 0 Å². The average molecular weight is 208 g/mol. The number of nitriles is 1. The lowest BCUT2D eigenvalue weighted by molar-refractivity contribution is 0.479. The van der Waals surface area contributed by atoms with Crippen molar-refractivity contribution in [2.24, 2.45) is 0 Å². The molecule has 2 aromatic carbocycles. The van der Waals surface area contributed by atoms with Crippen molar-refractivity contribution in [3.05, 3.63) is 66.6 Å². The number of ether oxygens (including phenoxy) is 1. The summed E-state index contributed by atoms with van der Waals surface area (Å²) >= 11 is 0. The van der Waals surface area contributed by atoms with Gasteiger partial charge in [0.05, 0.1) is 5.56 Å². The van der Waals surface area contributed by atoms with Crippen LogP contribution in [0.5, 0.6) is 11.5 Å². The molecule has 0 amide bonds. The van der Waals surface area contributed by atoms with Crippen LogP contribution in [0.15, 0.2) is 48.5 Å². The molecule has 0 bridgehead atoms. The molecule has 2 aromatic rings. The average Bonchev–Trinajstić information content (AvgIpc) is 2.33. The molecule has 0 heterocycles. The van der Waals surface area contributed by atoms with Crippen LogP contribution in [0.2, 0.25) is 0 Å². The fraction of sp³-hybridized carbons (Fsp3) is 0. The van der Waals surface area contributed by atoms with Crippen molar-refractivity contribution in [3.63, 3.8) is 0 Å². The first-order chi connectivity index (χ1) is 7.81. The molecule has 0 saturated heterocycles. The molecule has 0 aliphatic rings. The highest BCUT2D eigenvalue weighted by Gasteiger charge is 2.04. The highest BCUT2D eigenvalue weighted by molar-refractivity contribution is 5.46. The zero-order chi connectivity index (χ0) is 11.4. The van der Waals surface area contributed by atoms with E-state index in [-0.39, 0.29) is 0 Å². The molecule has 0 N–H and O–H groups in total. The van der Waals surface area contributed by atoms with Crippen LogP contribution in [0.3, 0.4) is 0 Å². The predicted molar refractivity (Wildman–Crippen MR) is 62.1 cm³/mol. The van der Waals surface area contributed by atoms with Gasteiger partial charge in [0, 0.05) is 0 Å². The summed E-state index contributed by atoms with van der Waals surface area (Å²) in [6.07, 6.45) is 0. The molecule has 2 nitrogen and oxygen atoms in total. The Morgan fingerprint density at radius 2 is 1.56 bits per heavy atom. The van der Waals surface area contributed by atoms with Crippen molar-refractivity contribution in [2.75, 3.05) is 0 Å². The molecular weight excluding hydrogens is 198 g/mol. The predicted octanol–water partition coefficient (Wildman–Crippen LogP) is 3.53. The molecule has 0 aromatic heterocycles. The molecule has 1 radical (unpaired) electrons. The Kier molecular flexibility index (Phi) is 2.88. The molecule has 0 atom stereocenters. The monoisotopic (exact) mass is 208 g/mol. The first-order valence-electron chi connectivity index (χ1n) is 4.89. The van der Waals surface area contributed by atoms with Gasteiger partial charge < -0.3 is 4.74 Å².